The second kappa shape index (κ2) is 5.27. The van der Waals surface area contributed by atoms with Gasteiger partial charge in [-0.1, -0.05) is 34.3 Å². The van der Waals surface area contributed by atoms with Crippen LogP contribution in [-0.4, -0.2) is 8.42 Å². The molecule has 2 aromatic carbocycles. The molecule has 0 amide bonds. The minimum atomic E-state index is -3.90. The maximum Gasteiger partial charge on any atom is 0.299 e. The van der Waals surface area contributed by atoms with Crippen molar-refractivity contribution in [2.75, 3.05) is 0 Å². The van der Waals surface area contributed by atoms with Crippen molar-refractivity contribution in [3.63, 3.8) is 0 Å². The second-order valence-corrected chi connectivity index (χ2v) is 5.51. The van der Waals surface area contributed by atoms with E-state index in [1.54, 1.807) is 18.2 Å². The first-order valence-corrected chi connectivity index (χ1v) is 6.92. The maximum atomic E-state index is 13.3. The van der Waals surface area contributed by atoms with Gasteiger partial charge in [-0.15, -0.1) is 5.11 Å². The normalized spacial score (nSPS) is 11.9. The molecule has 0 unspecified atom stereocenters. The average Bonchev–Trinajstić information content (AvgIpc) is 2.38. The molecule has 0 aliphatic heterocycles. The standard InChI is InChI=1S/C13H11FN2O2S/c1-10-6-8-11(9-7-10)19(17,18)16-15-13-5-3-2-4-12(13)14/h2-9H,1H3. The van der Waals surface area contributed by atoms with Crippen molar-refractivity contribution in [2.24, 2.45) is 9.63 Å². The number of rotatable bonds is 3. The molecule has 0 heterocycles. The molecule has 0 fully saturated rings. The highest BCUT2D eigenvalue weighted by atomic mass is 32.2. The van der Waals surface area contributed by atoms with Crippen molar-refractivity contribution in [1.29, 1.82) is 0 Å². The van der Waals surface area contributed by atoms with E-state index < -0.39 is 15.8 Å². The lowest BCUT2D eigenvalue weighted by Crippen LogP contribution is -1.95. The van der Waals surface area contributed by atoms with E-state index in [0.29, 0.717) is 0 Å². The summed E-state index contributed by atoms with van der Waals surface area (Å²) in [4.78, 5) is 0.0261. The van der Waals surface area contributed by atoms with E-state index in [-0.39, 0.29) is 10.6 Å². The van der Waals surface area contributed by atoms with Gasteiger partial charge in [-0.05, 0) is 31.2 Å². The lowest BCUT2D eigenvalue weighted by molar-refractivity contribution is 0.595. The van der Waals surface area contributed by atoms with Gasteiger partial charge in [0.2, 0.25) is 0 Å². The van der Waals surface area contributed by atoms with Gasteiger partial charge in [0.15, 0.2) is 5.82 Å². The Labute approximate surface area is 110 Å². The summed E-state index contributed by atoms with van der Waals surface area (Å²) in [6, 6.07) is 11.8. The molecule has 0 radical (unpaired) electrons. The topological polar surface area (TPSA) is 58.9 Å². The van der Waals surface area contributed by atoms with Crippen LogP contribution in [-0.2, 0) is 10.0 Å². The Bertz CT molecular complexity index is 710. The Kier molecular flexibility index (Phi) is 3.71. The fourth-order valence-corrected chi connectivity index (χ4v) is 2.16. The van der Waals surface area contributed by atoms with Crippen LogP contribution in [0.25, 0.3) is 0 Å². The number of hydrogen-bond donors (Lipinski definition) is 0. The van der Waals surface area contributed by atoms with Gasteiger partial charge in [-0.3, -0.25) is 0 Å². The number of aryl methyl sites for hydroxylation is 1. The SMILES string of the molecule is Cc1ccc(S(=O)(=O)N=Nc2ccccc2F)cc1. The third-order valence-electron chi connectivity index (χ3n) is 2.43. The highest BCUT2D eigenvalue weighted by Crippen LogP contribution is 2.20. The molecule has 0 aliphatic rings. The summed E-state index contributed by atoms with van der Waals surface area (Å²) in [5, 5.41) is 3.44. The first-order chi connectivity index (χ1) is 8.99. The van der Waals surface area contributed by atoms with Crippen molar-refractivity contribution in [3.8, 4) is 0 Å². The summed E-state index contributed by atoms with van der Waals surface area (Å²) in [6.07, 6.45) is 0. The molecule has 6 heteroatoms. The van der Waals surface area contributed by atoms with Gasteiger partial charge >= 0.3 is 0 Å². The first kappa shape index (κ1) is 13.4. The van der Waals surface area contributed by atoms with E-state index in [1.807, 2.05) is 6.92 Å². The summed E-state index contributed by atoms with van der Waals surface area (Å²) >= 11 is 0. The molecule has 0 saturated carbocycles. The molecular formula is C13H11FN2O2S. The van der Waals surface area contributed by atoms with E-state index in [4.69, 9.17) is 0 Å². The number of halogens is 1. The lowest BCUT2D eigenvalue weighted by atomic mass is 10.2. The quantitative estimate of drug-likeness (QED) is 0.805. The third kappa shape index (κ3) is 3.23. The molecule has 4 nitrogen and oxygen atoms in total. The lowest BCUT2D eigenvalue weighted by Gasteiger charge is -1.98. The van der Waals surface area contributed by atoms with Gasteiger partial charge < -0.3 is 0 Å². The molecule has 0 atom stereocenters. The Morgan fingerprint density at radius 2 is 1.63 bits per heavy atom. The zero-order valence-corrected chi connectivity index (χ0v) is 10.9. The Hall–Kier alpha value is -2.08. The molecule has 98 valence electrons. The predicted molar refractivity (Wildman–Crippen MR) is 69.3 cm³/mol. The summed E-state index contributed by atoms with van der Waals surface area (Å²) in [5.41, 5.74) is 0.822. The molecule has 0 aromatic heterocycles. The van der Waals surface area contributed by atoms with Crippen LogP contribution in [0, 0.1) is 12.7 Å². The predicted octanol–water partition coefficient (Wildman–Crippen LogP) is 3.61. The van der Waals surface area contributed by atoms with Crippen LogP contribution in [0.15, 0.2) is 63.1 Å². The minimum absolute atomic E-state index is 0.0261. The van der Waals surface area contributed by atoms with Gasteiger partial charge in [-0.25, -0.2) is 4.39 Å². The zero-order chi connectivity index (χ0) is 13.9. The summed E-state index contributed by atoms with van der Waals surface area (Å²) in [5.74, 6) is -0.620. The van der Waals surface area contributed by atoms with Crippen molar-refractivity contribution in [3.05, 3.63) is 59.9 Å². The fraction of sp³-hybridized carbons (Fsp3) is 0.0769. The molecule has 0 bridgehead atoms. The van der Waals surface area contributed by atoms with Crippen LogP contribution >= 0.6 is 0 Å². The van der Waals surface area contributed by atoms with Crippen molar-refractivity contribution in [1.82, 2.24) is 0 Å². The molecule has 0 N–H and O–H groups in total. The van der Waals surface area contributed by atoms with Gasteiger partial charge in [0.25, 0.3) is 10.0 Å². The number of benzene rings is 2. The summed E-state index contributed by atoms with van der Waals surface area (Å²) in [7, 11) is -3.90. The highest BCUT2D eigenvalue weighted by Gasteiger charge is 2.12. The van der Waals surface area contributed by atoms with Crippen LogP contribution in [0.1, 0.15) is 5.56 Å². The number of nitrogens with zero attached hydrogens (tertiary/aromatic N) is 2. The average molecular weight is 278 g/mol. The monoisotopic (exact) mass is 278 g/mol. The summed E-state index contributed by atoms with van der Waals surface area (Å²) in [6.45, 7) is 1.84. The van der Waals surface area contributed by atoms with Crippen LogP contribution in [0.4, 0.5) is 10.1 Å². The smallest absolute Gasteiger partial charge is 0.205 e. The van der Waals surface area contributed by atoms with E-state index in [2.05, 4.69) is 9.63 Å². The number of sulfonamides is 1. The van der Waals surface area contributed by atoms with Crippen molar-refractivity contribution < 1.29 is 12.8 Å². The van der Waals surface area contributed by atoms with E-state index in [0.717, 1.165) is 5.56 Å². The van der Waals surface area contributed by atoms with E-state index in [9.17, 15) is 12.8 Å². The second-order valence-electron chi connectivity index (χ2n) is 3.92. The van der Waals surface area contributed by atoms with E-state index >= 15 is 0 Å². The number of hydrogen-bond acceptors (Lipinski definition) is 3. The fourth-order valence-electron chi connectivity index (χ4n) is 1.39. The van der Waals surface area contributed by atoms with Gasteiger partial charge in [0.05, 0.1) is 4.90 Å². The van der Waals surface area contributed by atoms with Gasteiger partial charge in [-0.2, -0.15) is 8.42 Å². The molecule has 2 rings (SSSR count). The minimum Gasteiger partial charge on any atom is -0.205 e. The zero-order valence-electron chi connectivity index (χ0n) is 10.1. The van der Waals surface area contributed by atoms with Gasteiger partial charge in [0, 0.05) is 0 Å². The Morgan fingerprint density at radius 1 is 1.00 bits per heavy atom. The van der Waals surface area contributed by atoms with Crippen LogP contribution < -0.4 is 0 Å². The van der Waals surface area contributed by atoms with Crippen LogP contribution in [0.5, 0.6) is 0 Å². The first-order valence-electron chi connectivity index (χ1n) is 5.48. The van der Waals surface area contributed by atoms with Crippen LogP contribution in [0.2, 0.25) is 0 Å². The van der Waals surface area contributed by atoms with Gasteiger partial charge in [0.1, 0.15) is 5.69 Å². The van der Waals surface area contributed by atoms with Crippen molar-refractivity contribution >= 4 is 15.7 Å². The third-order valence-corrected chi connectivity index (χ3v) is 3.59. The molecule has 0 spiro atoms. The molecule has 0 saturated heterocycles. The van der Waals surface area contributed by atoms with Crippen molar-refractivity contribution in [2.45, 2.75) is 11.8 Å². The largest absolute Gasteiger partial charge is 0.299 e. The molecular weight excluding hydrogens is 267 g/mol. The van der Waals surface area contributed by atoms with Crippen LogP contribution in [0.3, 0.4) is 0 Å². The highest BCUT2D eigenvalue weighted by molar-refractivity contribution is 7.90. The Morgan fingerprint density at radius 3 is 2.26 bits per heavy atom. The maximum absolute atomic E-state index is 13.3. The Balaban J connectivity index is 2.32. The molecule has 2 aromatic rings. The van der Waals surface area contributed by atoms with E-state index in [1.165, 1.54) is 30.3 Å². The molecule has 0 aliphatic carbocycles. The molecule has 19 heavy (non-hydrogen) atoms. The summed E-state index contributed by atoms with van der Waals surface area (Å²) < 4.78 is 40.2.